The van der Waals surface area contributed by atoms with Crippen LogP contribution in [0.3, 0.4) is 0 Å². The van der Waals surface area contributed by atoms with Gasteiger partial charge in [-0.3, -0.25) is 9.59 Å². The van der Waals surface area contributed by atoms with E-state index in [1.807, 2.05) is 0 Å². The second-order valence-corrected chi connectivity index (χ2v) is 4.84. The second kappa shape index (κ2) is 5.86. The van der Waals surface area contributed by atoms with Crippen LogP contribution in [0.4, 0.5) is 4.39 Å². The minimum atomic E-state index is -0.344. The van der Waals surface area contributed by atoms with Crippen LogP contribution in [0.1, 0.15) is 30.5 Å². The number of hydrogen-bond donors (Lipinski definition) is 1. The molecule has 0 fully saturated rings. The average molecular weight is 276 g/mol. The van der Waals surface area contributed by atoms with Crippen LogP contribution in [-0.4, -0.2) is 23.3 Å². The Hall–Kier alpha value is -2.17. The number of amides is 2. The normalized spacial score (nSPS) is 17.9. The van der Waals surface area contributed by atoms with E-state index in [0.717, 1.165) is 11.1 Å². The maximum atomic E-state index is 13.4. The fraction of sp³-hybridized carbons (Fsp3) is 0.333. The van der Waals surface area contributed by atoms with Crippen molar-refractivity contribution in [1.29, 1.82) is 0 Å². The van der Waals surface area contributed by atoms with Gasteiger partial charge in [0.05, 0.1) is 6.04 Å². The number of benzene rings is 1. The first-order valence-corrected chi connectivity index (χ1v) is 6.48. The van der Waals surface area contributed by atoms with E-state index in [1.54, 1.807) is 11.0 Å². The topological polar surface area (TPSA) is 49.4 Å². The standard InChI is InChI=1S/C15H17FN2O2/c1-3-15(20)17-14-6-7-18(10(2)19)9-11-8-12(16)4-5-13(11)14/h3-5,8,14H,1,6-7,9H2,2H3,(H,17,20). The highest BCUT2D eigenvalue weighted by atomic mass is 19.1. The van der Waals surface area contributed by atoms with Crippen molar-refractivity contribution >= 4 is 11.8 Å². The smallest absolute Gasteiger partial charge is 0.243 e. The molecule has 1 aliphatic rings. The summed E-state index contributed by atoms with van der Waals surface area (Å²) in [5.41, 5.74) is 1.58. The summed E-state index contributed by atoms with van der Waals surface area (Å²) in [6, 6.07) is 4.22. The van der Waals surface area contributed by atoms with Crippen molar-refractivity contribution in [3.05, 3.63) is 47.8 Å². The van der Waals surface area contributed by atoms with Crippen LogP contribution in [0.2, 0.25) is 0 Å². The van der Waals surface area contributed by atoms with Gasteiger partial charge in [-0.1, -0.05) is 12.6 Å². The molecule has 1 aromatic carbocycles. The van der Waals surface area contributed by atoms with Gasteiger partial charge in [-0.25, -0.2) is 4.39 Å². The molecule has 1 aromatic rings. The van der Waals surface area contributed by atoms with Crippen molar-refractivity contribution in [1.82, 2.24) is 10.2 Å². The van der Waals surface area contributed by atoms with Crippen LogP contribution in [0.5, 0.6) is 0 Å². The van der Waals surface area contributed by atoms with Crippen molar-refractivity contribution in [2.24, 2.45) is 0 Å². The molecule has 0 radical (unpaired) electrons. The van der Waals surface area contributed by atoms with Crippen LogP contribution < -0.4 is 5.32 Å². The largest absolute Gasteiger partial charge is 0.346 e. The zero-order valence-electron chi connectivity index (χ0n) is 11.4. The van der Waals surface area contributed by atoms with Crippen LogP contribution in [0.25, 0.3) is 0 Å². The van der Waals surface area contributed by atoms with Crippen molar-refractivity contribution in [3.8, 4) is 0 Å². The van der Waals surface area contributed by atoms with E-state index in [-0.39, 0.29) is 23.7 Å². The van der Waals surface area contributed by atoms with E-state index in [9.17, 15) is 14.0 Å². The monoisotopic (exact) mass is 276 g/mol. The number of carbonyl (C=O) groups excluding carboxylic acids is 2. The lowest BCUT2D eigenvalue weighted by atomic mass is 9.99. The fourth-order valence-corrected chi connectivity index (χ4v) is 2.43. The van der Waals surface area contributed by atoms with E-state index < -0.39 is 0 Å². The van der Waals surface area contributed by atoms with Gasteiger partial charge in [0.2, 0.25) is 11.8 Å². The number of hydrogen-bond acceptors (Lipinski definition) is 2. The predicted molar refractivity (Wildman–Crippen MR) is 73.2 cm³/mol. The van der Waals surface area contributed by atoms with Crippen LogP contribution in [-0.2, 0) is 16.1 Å². The molecule has 0 aromatic heterocycles. The van der Waals surface area contributed by atoms with Crippen LogP contribution in [0, 0.1) is 5.82 Å². The Balaban J connectivity index is 2.35. The molecule has 0 saturated carbocycles. The Bertz CT molecular complexity index is 557. The molecule has 1 atom stereocenters. The van der Waals surface area contributed by atoms with E-state index in [1.165, 1.54) is 25.1 Å². The molecule has 1 unspecified atom stereocenters. The molecule has 20 heavy (non-hydrogen) atoms. The minimum Gasteiger partial charge on any atom is -0.346 e. The first-order valence-electron chi connectivity index (χ1n) is 6.48. The highest BCUT2D eigenvalue weighted by molar-refractivity contribution is 5.87. The highest BCUT2D eigenvalue weighted by Gasteiger charge is 2.24. The summed E-state index contributed by atoms with van der Waals surface area (Å²) in [7, 11) is 0. The van der Waals surface area contributed by atoms with Crippen molar-refractivity contribution in [3.63, 3.8) is 0 Å². The SMILES string of the molecule is C=CC(=O)NC1CCN(C(C)=O)Cc2cc(F)ccc21. The Kier molecular flexibility index (Phi) is 4.17. The van der Waals surface area contributed by atoms with Gasteiger partial charge in [0.1, 0.15) is 5.82 Å². The third-order valence-electron chi connectivity index (χ3n) is 3.48. The van der Waals surface area contributed by atoms with Gasteiger partial charge >= 0.3 is 0 Å². The maximum Gasteiger partial charge on any atom is 0.243 e. The fourth-order valence-electron chi connectivity index (χ4n) is 2.43. The Morgan fingerprint density at radius 3 is 2.90 bits per heavy atom. The summed E-state index contributed by atoms with van der Waals surface area (Å²) in [6.45, 7) is 5.80. The van der Waals surface area contributed by atoms with Gasteiger partial charge in [0.15, 0.2) is 0 Å². The zero-order valence-corrected chi connectivity index (χ0v) is 11.4. The van der Waals surface area contributed by atoms with Gasteiger partial charge in [0, 0.05) is 20.0 Å². The summed E-state index contributed by atoms with van der Waals surface area (Å²) in [6.07, 6.45) is 1.80. The molecule has 0 aliphatic carbocycles. The van der Waals surface area contributed by atoms with Crippen molar-refractivity contribution < 1.29 is 14.0 Å². The molecule has 2 rings (SSSR count). The van der Waals surface area contributed by atoms with Crippen molar-refractivity contribution in [2.45, 2.75) is 25.9 Å². The number of carbonyl (C=O) groups is 2. The Morgan fingerprint density at radius 1 is 1.50 bits per heavy atom. The van der Waals surface area contributed by atoms with Crippen LogP contribution >= 0.6 is 0 Å². The third-order valence-corrected chi connectivity index (χ3v) is 3.48. The molecule has 0 bridgehead atoms. The first kappa shape index (κ1) is 14.2. The Morgan fingerprint density at radius 2 is 2.25 bits per heavy atom. The van der Waals surface area contributed by atoms with Gasteiger partial charge in [0.25, 0.3) is 0 Å². The lowest BCUT2D eigenvalue weighted by molar-refractivity contribution is -0.129. The first-order chi connectivity index (χ1) is 9.51. The molecule has 1 N–H and O–H groups in total. The molecular weight excluding hydrogens is 259 g/mol. The minimum absolute atomic E-state index is 0.0593. The summed E-state index contributed by atoms with van der Waals surface area (Å²) >= 11 is 0. The lowest BCUT2D eigenvalue weighted by Gasteiger charge is -2.19. The summed E-state index contributed by atoms with van der Waals surface area (Å²) in [5.74, 6) is -0.680. The zero-order chi connectivity index (χ0) is 14.7. The van der Waals surface area contributed by atoms with Crippen molar-refractivity contribution in [2.75, 3.05) is 6.54 Å². The molecule has 5 heteroatoms. The maximum absolute atomic E-state index is 13.4. The molecule has 2 amide bonds. The Labute approximate surface area is 117 Å². The highest BCUT2D eigenvalue weighted by Crippen LogP contribution is 2.27. The molecular formula is C15H17FN2O2. The summed E-state index contributed by atoms with van der Waals surface area (Å²) < 4.78 is 13.4. The number of halogens is 1. The molecule has 1 heterocycles. The molecule has 106 valence electrons. The van der Waals surface area contributed by atoms with Gasteiger partial charge in [-0.05, 0) is 35.8 Å². The van der Waals surface area contributed by atoms with Gasteiger partial charge in [-0.15, -0.1) is 0 Å². The number of rotatable bonds is 2. The van der Waals surface area contributed by atoms with E-state index >= 15 is 0 Å². The molecule has 4 nitrogen and oxygen atoms in total. The summed E-state index contributed by atoms with van der Waals surface area (Å²) in [5, 5.41) is 2.83. The van der Waals surface area contributed by atoms with Gasteiger partial charge < -0.3 is 10.2 Å². The molecule has 0 spiro atoms. The van der Waals surface area contributed by atoms with E-state index in [2.05, 4.69) is 11.9 Å². The van der Waals surface area contributed by atoms with E-state index in [0.29, 0.717) is 19.5 Å². The quantitative estimate of drug-likeness (QED) is 0.839. The second-order valence-electron chi connectivity index (χ2n) is 4.84. The average Bonchev–Trinajstić information content (AvgIpc) is 2.58. The van der Waals surface area contributed by atoms with E-state index in [4.69, 9.17) is 0 Å². The predicted octanol–water partition coefficient (Wildman–Crippen LogP) is 1.92. The molecule has 1 aliphatic heterocycles. The van der Waals surface area contributed by atoms with Crippen LogP contribution in [0.15, 0.2) is 30.9 Å². The number of fused-ring (bicyclic) bond motifs is 1. The number of nitrogens with zero attached hydrogens (tertiary/aromatic N) is 1. The third kappa shape index (κ3) is 3.04. The number of nitrogens with one attached hydrogen (secondary N) is 1. The van der Waals surface area contributed by atoms with Gasteiger partial charge in [-0.2, -0.15) is 0 Å². The lowest BCUT2D eigenvalue weighted by Crippen LogP contribution is -2.30. The molecule has 0 saturated heterocycles. The summed E-state index contributed by atoms with van der Waals surface area (Å²) in [4.78, 5) is 24.7.